The molecule has 1 N–H and O–H groups in total. The molecule has 0 aromatic heterocycles. The lowest BCUT2D eigenvalue weighted by atomic mass is 10.1. The molecule has 4 heteroatoms. The molecule has 0 aliphatic rings. The van der Waals surface area contributed by atoms with Gasteiger partial charge >= 0.3 is 0 Å². The third kappa shape index (κ3) is 2.55. The van der Waals surface area contributed by atoms with Crippen LogP contribution in [0.25, 0.3) is 0 Å². The Kier molecular flexibility index (Phi) is 3.48. The van der Waals surface area contributed by atoms with Crippen molar-refractivity contribution in [1.29, 1.82) is 5.26 Å². The quantitative estimate of drug-likeness (QED) is 0.876. The van der Waals surface area contributed by atoms with E-state index in [9.17, 15) is 8.78 Å². The minimum atomic E-state index is -1.13. The zero-order valence-corrected chi connectivity index (χ0v) is 10.6. The molecule has 2 aromatic rings. The first kappa shape index (κ1) is 13.0. The first-order valence-corrected chi connectivity index (χ1v) is 5.75. The third-order valence-electron chi connectivity index (χ3n) is 2.87. The molecule has 2 aromatic carbocycles. The Morgan fingerprint density at radius 3 is 2.42 bits per heavy atom. The lowest BCUT2D eigenvalue weighted by molar-refractivity contribution is 0.509. The molecule has 0 saturated carbocycles. The molecule has 0 spiro atoms. The smallest absolute Gasteiger partial charge is 0.183 e. The number of nitrogens with zero attached hydrogens (tertiary/aromatic N) is 1. The standard InChI is InChI=1S/C15H12F2N2/c1-9-3-4-10(2)13(7-9)19-12-6-5-11(8-18)14(16)15(12)17/h3-7,19H,1-2H3. The van der Waals surface area contributed by atoms with Gasteiger partial charge in [0.05, 0.1) is 11.3 Å². The summed E-state index contributed by atoms with van der Waals surface area (Å²) in [6.45, 7) is 3.79. The highest BCUT2D eigenvalue weighted by Crippen LogP contribution is 2.26. The summed E-state index contributed by atoms with van der Waals surface area (Å²) in [7, 11) is 0. The average molecular weight is 258 g/mol. The molecule has 0 fully saturated rings. The van der Waals surface area contributed by atoms with Crippen LogP contribution in [0.15, 0.2) is 30.3 Å². The molecule has 0 radical (unpaired) electrons. The number of nitrogens with one attached hydrogen (secondary N) is 1. The van der Waals surface area contributed by atoms with Crippen molar-refractivity contribution in [3.63, 3.8) is 0 Å². The van der Waals surface area contributed by atoms with Gasteiger partial charge in [-0.05, 0) is 43.2 Å². The maximum absolute atomic E-state index is 13.8. The van der Waals surface area contributed by atoms with E-state index in [1.807, 2.05) is 32.0 Å². The minimum absolute atomic E-state index is 0.0187. The number of anilines is 2. The molecule has 0 bridgehead atoms. The Hall–Kier alpha value is -2.41. The van der Waals surface area contributed by atoms with Crippen LogP contribution in [0.5, 0.6) is 0 Å². The zero-order valence-electron chi connectivity index (χ0n) is 10.6. The highest BCUT2D eigenvalue weighted by molar-refractivity contribution is 5.65. The summed E-state index contributed by atoms with van der Waals surface area (Å²) in [6.07, 6.45) is 0. The number of benzene rings is 2. The molecule has 0 heterocycles. The maximum atomic E-state index is 13.8. The van der Waals surface area contributed by atoms with Crippen LogP contribution in [0, 0.1) is 36.8 Å². The largest absolute Gasteiger partial charge is 0.353 e. The van der Waals surface area contributed by atoms with E-state index in [0.29, 0.717) is 5.69 Å². The van der Waals surface area contributed by atoms with Crippen LogP contribution in [0.3, 0.4) is 0 Å². The van der Waals surface area contributed by atoms with E-state index in [1.54, 1.807) is 6.07 Å². The van der Waals surface area contributed by atoms with Gasteiger partial charge in [-0.2, -0.15) is 5.26 Å². The number of halogens is 2. The van der Waals surface area contributed by atoms with Crippen molar-refractivity contribution in [3.8, 4) is 6.07 Å². The van der Waals surface area contributed by atoms with E-state index in [-0.39, 0.29) is 11.3 Å². The summed E-state index contributed by atoms with van der Waals surface area (Å²) >= 11 is 0. The first-order valence-electron chi connectivity index (χ1n) is 5.75. The molecule has 0 unspecified atom stereocenters. The molecule has 0 atom stereocenters. The van der Waals surface area contributed by atoms with Gasteiger partial charge in [0.1, 0.15) is 6.07 Å². The summed E-state index contributed by atoms with van der Waals surface area (Å²) in [6, 6.07) is 9.91. The van der Waals surface area contributed by atoms with Crippen molar-refractivity contribution in [1.82, 2.24) is 0 Å². The van der Waals surface area contributed by atoms with Gasteiger partial charge in [-0.15, -0.1) is 0 Å². The van der Waals surface area contributed by atoms with Crippen molar-refractivity contribution in [3.05, 3.63) is 58.7 Å². The minimum Gasteiger partial charge on any atom is -0.353 e. The van der Waals surface area contributed by atoms with Crippen LogP contribution in [0.4, 0.5) is 20.2 Å². The monoisotopic (exact) mass is 258 g/mol. The van der Waals surface area contributed by atoms with Crippen LogP contribution in [-0.2, 0) is 0 Å². The van der Waals surface area contributed by atoms with Crippen molar-refractivity contribution in [2.24, 2.45) is 0 Å². The van der Waals surface area contributed by atoms with Crippen LogP contribution < -0.4 is 5.32 Å². The molecular formula is C15H12F2N2. The summed E-state index contributed by atoms with van der Waals surface area (Å²) in [5.74, 6) is -2.17. The van der Waals surface area contributed by atoms with Gasteiger partial charge in [0, 0.05) is 5.69 Å². The topological polar surface area (TPSA) is 35.8 Å². The average Bonchev–Trinajstić information content (AvgIpc) is 2.39. The van der Waals surface area contributed by atoms with Crippen LogP contribution in [0.1, 0.15) is 16.7 Å². The van der Waals surface area contributed by atoms with Crippen molar-refractivity contribution in [2.75, 3.05) is 5.32 Å². The molecule has 0 saturated heterocycles. The van der Waals surface area contributed by atoms with Gasteiger partial charge in [0.2, 0.25) is 0 Å². The Bertz CT molecular complexity index is 673. The third-order valence-corrected chi connectivity index (χ3v) is 2.87. The molecular weight excluding hydrogens is 246 g/mol. The van der Waals surface area contributed by atoms with Gasteiger partial charge in [-0.1, -0.05) is 12.1 Å². The van der Waals surface area contributed by atoms with Crippen LogP contribution >= 0.6 is 0 Å². The van der Waals surface area contributed by atoms with Crippen molar-refractivity contribution >= 4 is 11.4 Å². The molecule has 0 aliphatic heterocycles. The SMILES string of the molecule is Cc1ccc(C)c(Nc2ccc(C#N)c(F)c2F)c1. The molecule has 2 nitrogen and oxygen atoms in total. The lowest BCUT2D eigenvalue weighted by Gasteiger charge is -2.12. The Balaban J connectivity index is 2.42. The highest BCUT2D eigenvalue weighted by Gasteiger charge is 2.13. The van der Waals surface area contributed by atoms with Crippen molar-refractivity contribution < 1.29 is 8.78 Å². The summed E-state index contributed by atoms with van der Waals surface area (Å²) < 4.78 is 27.3. The van der Waals surface area contributed by atoms with E-state index < -0.39 is 11.6 Å². The Morgan fingerprint density at radius 1 is 1.00 bits per heavy atom. The normalized spacial score (nSPS) is 10.1. The Labute approximate surface area is 110 Å². The predicted molar refractivity (Wildman–Crippen MR) is 70.3 cm³/mol. The molecule has 96 valence electrons. The second-order valence-corrected chi connectivity index (χ2v) is 4.34. The molecule has 0 amide bonds. The predicted octanol–water partition coefficient (Wildman–Crippen LogP) is 4.20. The van der Waals surface area contributed by atoms with Gasteiger partial charge in [0.15, 0.2) is 11.6 Å². The molecule has 19 heavy (non-hydrogen) atoms. The molecule has 0 aliphatic carbocycles. The highest BCUT2D eigenvalue weighted by atomic mass is 19.2. The van der Waals surface area contributed by atoms with Gasteiger partial charge < -0.3 is 5.32 Å². The Morgan fingerprint density at radius 2 is 1.74 bits per heavy atom. The van der Waals surface area contributed by atoms with E-state index in [0.717, 1.165) is 11.1 Å². The van der Waals surface area contributed by atoms with Gasteiger partial charge in [-0.3, -0.25) is 0 Å². The number of hydrogen-bond acceptors (Lipinski definition) is 2. The maximum Gasteiger partial charge on any atom is 0.183 e. The fourth-order valence-corrected chi connectivity index (χ4v) is 1.75. The number of hydrogen-bond donors (Lipinski definition) is 1. The van der Waals surface area contributed by atoms with E-state index in [2.05, 4.69) is 5.32 Å². The van der Waals surface area contributed by atoms with E-state index in [4.69, 9.17) is 5.26 Å². The number of rotatable bonds is 2. The van der Waals surface area contributed by atoms with Gasteiger partial charge in [0.25, 0.3) is 0 Å². The number of aryl methyl sites for hydroxylation is 2. The van der Waals surface area contributed by atoms with Crippen LogP contribution in [0.2, 0.25) is 0 Å². The van der Waals surface area contributed by atoms with Crippen LogP contribution in [-0.4, -0.2) is 0 Å². The summed E-state index contributed by atoms with van der Waals surface area (Å²) in [4.78, 5) is 0. The van der Waals surface area contributed by atoms with E-state index >= 15 is 0 Å². The summed E-state index contributed by atoms with van der Waals surface area (Å²) in [5.41, 5.74) is 2.37. The zero-order chi connectivity index (χ0) is 14.0. The van der Waals surface area contributed by atoms with Gasteiger partial charge in [-0.25, -0.2) is 8.78 Å². The second kappa shape index (κ2) is 5.07. The van der Waals surface area contributed by atoms with E-state index in [1.165, 1.54) is 12.1 Å². The fourth-order valence-electron chi connectivity index (χ4n) is 1.75. The summed E-state index contributed by atoms with van der Waals surface area (Å²) in [5, 5.41) is 11.5. The lowest BCUT2D eigenvalue weighted by Crippen LogP contribution is -2.00. The molecule has 2 rings (SSSR count). The van der Waals surface area contributed by atoms with Crippen molar-refractivity contribution in [2.45, 2.75) is 13.8 Å². The number of nitriles is 1. The first-order chi connectivity index (χ1) is 9.02. The second-order valence-electron chi connectivity index (χ2n) is 4.34. The fraction of sp³-hybridized carbons (Fsp3) is 0.133.